The van der Waals surface area contributed by atoms with Gasteiger partial charge < -0.3 is 0 Å². The van der Waals surface area contributed by atoms with Crippen molar-refractivity contribution in [2.75, 3.05) is 0 Å². The van der Waals surface area contributed by atoms with E-state index in [2.05, 4.69) is 6.58 Å². The minimum atomic E-state index is -0.261. The third kappa shape index (κ3) is 2.74. The number of hydrogen-bond donors (Lipinski definition) is 0. The van der Waals surface area contributed by atoms with Gasteiger partial charge in [0, 0.05) is 5.56 Å². The van der Waals surface area contributed by atoms with Crippen molar-refractivity contribution in [1.29, 1.82) is 0 Å². The van der Waals surface area contributed by atoms with Gasteiger partial charge in [-0.25, -0.2) is 0 Å². The van der Waals surface area contributed by atoms with Gasteiger partial charge in [-0.1, -0.05) is 43.0 Å². The van der Waals surface area contributed by atoms with Gasteiger partial charge in [-0.15, -0.1) is 0 Å². The normalized spacial score (nSPS) is 10.9. The summed E-state index contributed by atoms with van der Waals surface area (Å²) in [5.41, 5.74) is 0.678. The van der Waals surface area contributed by atoms with Crippen molar-refractivity contribution >= 4 is 11.6 Å². The van der Waals surface area contributed by atoms with Crippen LogP contribution in [0.5, 0.6) is 0 Å². The molecule has 0 spiro atoms. The van der Waals surface area contributed by atoms with Crippen LogP contribution in [-0.2, 0) is 4.79 Å². The van der Waals surface area contributed by atoms with Crippen LogP contribution in [0.3, 0.4) is 0 Å². The second-order valence-electron chi connectivity index (χ2n) is 3.07. The summed E-state index contributed by atoms with van der Waals surface area (Å²) in [5, 5.41) is 0. The first-order valence-corrected chi connectivity index (χ1v) is 4.60. The van der Waals surface area contributed by atoms with Gasteiger partial charge in [-0.05, 0) is 13.0 Å². The number of carbonyl (C=O) groups is 2. The maximum atomic E-state index is 11.8. The summed E-state index contributed by atoms with van der Waals surface area (Å²) in [6, 6.07) is 8.71. The molecule has 15 heavy (non-hydrogen) atoms. The zero-order valence-corrected chi connectivity index (χ0v) is 8.57. The van der Waals surface area contributed by atoms with E-state index >= 15 is 0 Å². The lowest BCUT2D eigenvalue weighted by Crippen LogP contribution is -2.10. The summed E-state index contributed by atoms with van der Waals surface area (Å²) in [7, 11) is 0. The summed E-state index contributed by atoms with van der Waals surface area (Å²) >= 11 is 0. The molecule has 2 nitrogen and oxygen atoms in total. The third-order valence-corrected chi connectivity index (χ3v) is 1.94. The van der Waals surface area contributed by atoms with Gasteiger partial charge in [0.2, 0.25) is 0 Å². The molecule has 0 bridgehead atoms. The first kappa shape index (κ1) is 11.1. The van der Waals surface area contributed by atoms with Crippen LogP contribution >= 0.6 is 0 Å². The lowest BCUT2D eigenvalue weighted by Gasteiger charge is -2.01. The van der Waals surface area contributed by atoms with Gasteiger partial charge >= 0.3 is 0 Å². The van der Waals surface area contributed by atoms with E-state index in [1.807, 2.05) is 6.07 Å². The fourth-order valence-electron chi connectivity index (χ4n) is 1.22. The highest BCUT2D eigenvalue weighted by molar-refractivity contribution is 6.25. The average Bonchev–Trinajstić information content (AvgIpc) is 2.26. The molecular weight excluding hydrogens is 188 g/mol. The van der Waals surface area contributed by atoms with Crippen LogP contribution in [0.15, 0.2) is 54.6 Å². The molecule has 0 aliphatic rings. The molecule has 1 aromatic rings. The molecule has 0 atom stereocenters. The highest BCUT2D eigenvalue weighted by atomic mass is 16.1. The van der Waals surface area contributed by atoms with Crippen LogP contribution in [0, 0.1) is 0 Å². The zero-order valence-electron chi connectivity index (χ0n) is 8.57. The molecule has 0 saturated heterocycles. The molecule has 76 valence electrons. The molecule has 0 amide bonds. The Balaban J connectivity index is 3.08. The molecule has 0 N–H and O–H groups in total. The molecule has 0 aliphatic heterocycles. The molecule has 0 radical (unpaired) electrons. The molecule has 1 aromatic carbocycles. The number of hydrogen-bond acceptors (Lipinski definition) is 2. The Morgan fingerprint density at radius 3 is 2.27 bits per heavy atom. The molecule has 0 aliphatic carbocycles. The van der Waals surface area contributed by atoms with Gasteiger partial charge in [-0.3, -0.25) is 9.59 Å². The summed E-state index contributed by atoms with van der Waals surface area (Å²) < 4.78 is 0. The second-order valence-corrected chi connectivity index (χ2v) is 3.07. The van der Waals surface area contributed by atoms with E-state index in [0.717, 1.165) is 0 Å². The number of ketones is 2. The van der Waals surface area contributed by atoms with Crippen molar-refractivity contribution < 1.29 is 9.59 Å². The lowest BCUT2D eigenvalue weighted by atomic mass is 10.0. The third-order valence-electron chi connectivity index (χ3n) is 1.94. The summed E-state index contributed by atoms with van der Waals surface area (Å²) in [5.74, 6) is -0.508. The van der Waals surface area contributed by atoms with Crippen molar-refractivity contribution in [3.8, 4) is 0 Å². The largest absolute Gasteiger partial charge is 0.294 e. The second kappa shape index (κ2) is 5.05. The molecular formula is C13H12O2. The number of Topliss-reactive ketones (excluding diaryl/α,β-unsaturated/α-hetero) is 2. The molecule has 0 unspecified atom stereocenters. The van der Waals surface area contributed by atoms with Crippen LogP contribution in [-0.4, -0.2) is 11.6 Å². The van der Waals surface area contributed by atoms with Crippen LogP contribution in [0.1, 0.15) is 17.3 Å². The highest BCUT2D eigenvalue weighted by Crippen LogP contribution is 2.09. The van der Waals surface area contributed by atoms with Gasteiger partial charge in [0.1, 0.15) is 0 Å². The maximum absolute atomic E-state index is 11.8. The van der Waals surface area contributed by atoms with Gasteiger partial charge in [0.05, 0.1) is 5.57 Å². The SMILES string of the molecule is C=C/C=C(/C(C)=O)C(=O)c1ccccc1. The van der Waals surface area contributed by atoms with E-state index in [9.17, 15) is 9.59 Å². The van der Waals surface area contributed by atoms with Crippen LogP contribution in [0.25, 0.3) is 0 Å². The monoisotopic (exact) mass is 200 g/mol. The Hall–Kier alpha value is -1.96. The summed E-state index contributed by atoms with van der Waals surface area (Å²) in [4.78, 5) is 23.1. The number of carbonyl (C=O) groups excluding carboxylic acids is 2. The Kier molecular flexibility index (Phi) is 3.75. The van der Waals surface area contributed by atoms with Crippen molar-refractivity contribution in [3.63, 3.8) is 0 Å². The van der Waals surface area contributed by atoms with Gasteiger partial charge in [-0.2, -0.15) is 0 Å². The minimum Gasteiger partial charge on any atom is -0.294 e. The Morgan fingerprint density at radius 2 is 1.80 bits per heavy atom. The Labute approximate surface area is 88.9 Å². The minimum absolute atomic E-state index is 0.163. The van der Waals surface area contributed by atoms with Crippen molar-refractivity contribution in [2.45, 2.75) is 6.92 Å². The predicted molar refractivity (Wildman–Crippen MR) is 59.7 cm³/mol. The maximum Gasteiger partial charge on any atom is 0.196 e. The number of allylic oxidation sites excluding steroid dienone is 3. The molecule has 1 rings (SSSR count). The Morgan fingerprint density at radius 1 is 1.20 bits per heavy atom. The van der Waals surface area contributed by atoms with E-state index in [4.69, 9.17) is 0 Å². The average molecular weight is 200 g/mol. The topological polar surface area (TPSA) is 34.1 Å². The van der Waals surface area contributed by atoms with E-state index in [0.29, 0.717) is 5.56 Å². The van der Waals surface area contributed by atoms with E-state index < -0.39 is 0 Å². The van der Waals surface area contributed by atoms with Crippen LogP contribution < -0.4 is 0 Å². The fourth-order valence-corrected chi connectivity index (χ4v) is 1.22. The van der Waals surface area contributed by atoms with Crippen LogP contribution in [0.2, 0.25) is 0 Å². The number of rotatable bonds is 4. The van der Waals surface area contributed by atoms with Crippen LogP contribution in [0.4, 0.5) is 0 Å². The van der Waals surface area contributed by atoms with Crippen molar-refractivity contribution in [3.05, 3.63) is 60.2 Å². The van der Waals surface area contributed by atoms with Gasteiger partial charge in [0.15, 0.2) is 11.6 Å². The number of benzene rings is 1. The van der Waals surface area contributed by atoms with Crippen molar-refractivity contribution in [2.24, 2.45) is 0 Å². The first-order chi connectivity index (χ1) is 7.16. The molecule has 0 saturated carbocycles. The first-order valence-electron chi connectivity index (χ1n) is 4.60. The smallest absolute Gasteiger partial charge is 0.196 e. The van der Waals surface area contributed by atoms with E-state index in [1.165, 1.54) is 19.1 Å². The quantitative estimate of drug-likeness (QED) is 0.246. The molecule has 0 fully saturated rings. The Bertz CT molecular complexity index is 413. The predicted octanol–water partition coefficient (Wildman–Crippen LogP) is 2.57. The highest BCUT2D eigenvalue weighted by Gasteiger charge is 2.14. The zero-order chi connectivity index (χ0) is 11.3. The van der Waals surface area contributed by atoms with Crippen molar-refractivity contribution in [1.82, 2.24) is 0 Å². The fraction of sp³-hybridized carbons (Fsp3) is 0.0769. The summed E-state index contributed by atoms with van der Waals surface area (Å²) in [6.45, 7) is 4.85. The molecule has 2 heteroatoms. The lowest BCUT2D eigenvalue weighted by molar-refractivity contribution is -0.113. The van der Waals surface area contributed by atoms with E-state index in [-0.39, 0.29) is 17.1 Å². The molecule has 0 aromatic heterocycles. The van der Waals surface area contributed by atoms with Gasteiger partial charge in [0.25, 0.3) is 0 Å². The van der Waals surface area contributed by atoms with E-state index in [1.54, 1.807) is 24.3 Å². The molecule has 0 heterocycles. The summed E-state index contributed by atoms with van der Waals surface area (Å²) in [6.07, 6.45) is 2.88. The standard InChI is InChI=1S/C13H12O2/c1-3-7-12(10(2)14)13(15)11-8-5-4-6-9-11/h3-9H,1H2,2H3/b12-7-.